The number of nitrogens with zero attached hydrogens (tertiary/aromatic N) is 6. The molecule has 0 aromatic carbocycles. The average Bonchev–Trinajstić information content (AvgIpc) is 3.31. The van der Waals surface area contributed by atoms with Crippen LogP contribution in [0.15, 0.2) is 16.7 Å². The Hall–Kier alpha value is -2.77. The van der Waals surface area contributed by atoms with Gasteiger partial charge in [0.15, 0.2) is 5.82 Å². The van der Waals surface area contributed by atoms with E-state index in [0.29, 0.717) is 30.2 Å². The molecule has 0 radical (unpaired) electrons. The number of hydrogen-bond donors (Lipinski definition) is 0. The van der Waals surface area contributed by atoms with Gasteiger partial charge >= 0.3 is 0 Å². The fourth-order valence-corrected chi connectivity index (χ4v) is 3.89. The summed E-state index contributed by atoms with van der Waals surface area (Å²) in [5, 5.41) is 12.7. The van der Waals surface area contributed by atoms with Crippen LogP contribution in [0.5, 0.6) is 5.75 Å². The van der Waals surface area contributed by atoms with E-state index in [-0.39, 0.29) is 0 Å². The number of aromatic nitrogens is 6. The maximum atomic E-state index is 6.21. The Balaban J connectivity index is 1.53. The third-order valence-corrected chi connectivity index (χ3v) is 5.49. The first kappa shape index (κ1) is 20.5. The van der Waals surface area contributed by atoms with Gasteiger partial charge in [0.05, 0.1) is 29.6 Å². The first-order chi connectivity index (χ1) is 14.5. The molecule has 30 heavy (non-hydrogen) atoms. The molecule has 3 aromatic rings. The Bertz CT molecular complexity index is 987. The number of ether oxygens (including phenoxy) is 1. The third kappa shape index (κ3) is 4.68. The van der Waals surface area contributed by atoms with Crippen LogP contribution in [0.1, 0.15) is 69.1 Å². The van der Waals surface area contributed by atoms with Crippen LogP contribution in [0.25, 0.3) is 11.4 Å². The van der Waals surface area contributed by atoms with E-state index >= 15 is 0 Å². The maximum Gasteiger partial charge on any atom is 0.226 e. The molecule has 1 fully saturated rings. The molecular weight excluding hydrogens is 380 g/mol. The van der Waals surface area contributed by atoms with Crippen molar-refractivity contribution in [1.82, 2.24) is 30.1 Å². The summed E-state index contributed by atoms with van der Waals surface area (Å²) in [4.78, 5) is 9.27. The molecule has 0 amide bonds. The number of aryl methyl sites for hydroxylation is 2. The Morgan fingerprint density at radius 2 is 1.97 bits per heavy atom. The van der Waals surface area contributed by atoms with E-state index in [9.17, 15) is 0 Å². The van der Waals surface area contributed by atoms with Crippen LogP contribution in [-0.4, -0.2) is 36.2 Å². The van der Waals surface area contributed by atoms with Gasteiger partial charge in [0.2, 0.25) is 5.89 Å². The van der Waals surface area contributed by atoms with E-state index in [2.05, 4.69) is 34.3 Å². The molecule has 3 aromatic heterocycles. The van der Waals surface area contributed by atoms with Gasteiger partial charge in [0, 0.05) is 13.5 Å². The summed E-state index contributed by atoms with van der Waals surface area (Å²) in [6.07, 6.45) is 7.60. The lowest BCUT2D eigenvalue weighted by atomic mass is 9.98. The Labute approximate surface area is 177 Å². The molecule has 0 aliphatic heterocycles. The first-order valence-electron chi connectivity index (χ1n) is 10.8. The highest BCUT2D eigenvalue weighted by Gasteiger charge is 2.20. The fraction of sp³-hybridized carbons (Fsp3) is 0.591. The minimum atomic E-state index is 0.301. The van der Waals surface area contributed by atoms with Crippen LogP contribution in [0.2, 0.25) is 0 Å². The zero-order valence-corrected chi connectivity index (χ0v) is 18.3. The highest BCUT2D eigenvalue weighted by atomic mass is 16.5. The second-order valence-corrected chi connectivity index (χ2v) is 8.55. The molecule has 1 aliphatic rings. The van der Waals surface area contributed by atoms with Crippen molar-refractivity contribution in [3.8, 4) is 17.1 Å². The Morgan fingerprint density at radius 1 is 1.17 bits per heavy atom. The smallest absolute Gasteiger partial charge is 0.226 e. The van der Waals surface area contributed by atoms with E-state index < -0.39 is 0 Å². The van der Waals surface area contributed by atoms with Crippen molar-refractivity contribution in [2.24, 2.45) is 13.0 Å². The molecule has 4 rings (SSSR count). The van der Waals surface area contributed by atoms with E-state index in [4.69, 9.17) is 14.2 Å². The van der Waals surface area contributed by atoms with Crippen LogP contribution in [0.3, 0.4) is 0 Å². The van der Waals surface area contributed by atoms with Crippen molar-refractivity contribution < 1.29 is 9.26 Å². The van der Waals surface area contributed by atoms with Gasteiger partial charge in [-0.15, -0.1) is 5.10 Å². The van der Waals surface area contributed by atoms with Crippen LogP contribution < -0.4 is 4.74 Å². The summed E-state index contributed by atoms with van der Waals surface area (Å²) in [5.74, 6) is 2.61. The molecule has 0 unspecified atom stereocenters. The van der Waals surface area contributed by atoms with Crippen LogP contribution >= 0.6 is 0 Å². The standard InChI is InChI=1S/C22H30N6O2/c1-14(2)12-21-24-20(26-30-21)13-18-22(25-27-28(18)4)17-10-11-19(15(3)23-17)29-16-8-6-5-7-9-16/h10-11,14,16H,5-9,12-13H2,1-4H3. The van der Waals surface area contributed by atoms with E-state index in [1.807, 2.05) is 26.1 Å². The predicted molar refractivity (Wildman–Crippen MR) is 112 cm³/mol. The predicted octanol–water partition coefficient (Wildman–Crippen LogP) is 4.07. The Kier molecular flexibility index (Phi) is 6.11. The molecule has 3 heterocycles. The number of pyridine rings is 1. The summed E-state index contributed by atoms with van der Waals surface area (Å²) >= 11 is 0. The lowest BCUT2D eigenvalue weighted by molar-refractivity contribution is 0.153. The highest BCUT2D eigenvalue weighted by Crippen LogP contribution is 2.28. The molecule has 0 spiro atoms. The van der Waals surface area contributed by atoms with Gasteiger partial charge in [0.25, 0.3) is 0 Å². The van der Waals surface area contributed by atoms with Crippen LogP contribution in [0, 0.1) is 12.8 Å². The van der Waals surface area contributed by atoms with Gasteiger partial charge < -0.3 is 9.26 Å². The monoisotopic (exact) mass is 410 g/mol. The molecule has 1 saturated carbocycles. The van der Waals surface area contributed by atoms with Crippen molar-refractivity contribution in [3.05, 3.63) is 35.2 Å². The quantitative estimate of drug-likeness (QED) is 0.580. The van der Waals surface area contributed by atoms with E-state index in [1.54, 1.807) is 4.68 Å². The molecule has 160 valence electrons. The van der Waals surface area contributed by atoms with Gasteiger partial charge in [-0.25, -0.2) is 4.98 Å². The summed E-state index contributed by atoms with van der Waals surface area (Å²) in [6.45, 7) is 6.24. The lowest BCUT2D eigenvalue weighted by Gasteiger charge is -2.23. The topological polar surface area (TPSA) is 91.8 Å². The fourth-order valence-electron chi connectivity index (χ4n) is 3.89. The zero-order chi connectivity index (χ0) is 21.1. The second kappa shape index (κ2) is 8.93. The maximum absolute atomic E-state index is 6.21. The average molecular weight is 411 g/mol. The molecule has 8 nitrogen and oxygen atoms in total. The van der Waals surface area contributed by atoms with Crippen molar-refractivity contribution in [2.45, 2.75) is 71.8 Å². The second-order valence-electron chi connectivity index (χ2n) is 8.55. The number of hydrogen-bond acceptors (Lipinski definition) is 7. The van der Waals surface area contributed by atoms with Crippen molar-refractivity contribution >= 4 is 0 Å². The Morgan fingerprint density at radius 3 is 2.70 bits per heavy atom. The SMILES string of the molecule is Cc1nc(-c2nnn(C)c2Cc2noc(CC(C)C)n2)ccc1OC1CCCCC1. The summed E-state index contributed by atoms with van der Waals surface area (Å²) < 4.78 is 13.3. The molecule has 0 atom stereocenters. The third-order valence-electron chi connectivity index (χ3n) is 5.49. The molecule has 0 N–H and O–H groups in total. The van der Waals surface area contributed by atoms with Crippen LogP contribution in [-0.2, 0) is 19.9 Å². The van der Waals surface area contributed by atoms with Crippen molar-refractivity contribution in [1.29, 1.82) is 0 Å². The summed E-state index contributed by atoms with van der Waals surface area (Å²) in [7, 11) is 1.87. The largest absolute Gasteiger partial charge is 0.489 e. The molecule has 1 aliphatic carbocycles. The minimum Gasteiger partial charge on any atom is -0.489 e. The zero-order valence-electron chi connectivity index (χ0n) is 18.3. The van der Waals surface area contributed by atoms with Crippen molar-refractivity contribution in [2.75, 3.05) is 0 Å². The van der Waals surface area contributed by atoms with Crippen molar-refractivity contribution in [3.63, 3.8) is 0 Å². The summed E-state index contributed by atoms with van der Waals surface area (Å²) in [6, 6.07) is 3.96. The molecule has 8 heteroatoms. The minimum absolute atomic E-state index is 0.301. The normalized spacial score (nSPS) is 15.1. The first-order valence-corrected chi connectivity index (χ1v) is 10.8. The van der Waals surface area contributed by atoms with Gasteiger partial charge in [-0.2, -0.15) is 4.98 Å². The molecular formula is C22H30N6O2. The van der Waals surface area contributed by atoms with Crippen LogP contribution in [0.4, 0.5) is 0 Å². The van der Waals surface area contributed by atoms with Gasteiger partial charge in [-0.05, 0) is 50.7 Å². The number of rotatable bonds is 7. The summed E-state index contributed by atoms with van der Waals surface area (Å²) in [5.41, 5.74) is 3.28. The van der Waals surface area contributed by atoms with Gasteiger partial charge in [-0.3, -0.25) is 4.68 Å². The van der Waals surface area contributed by atoms with E-state index in [1.165, 1.54) is 19.3 Å². The van der Waals surface area contributed by atoms with Gasteiger partial charge in [0.1, 0.15) is 11.4 Å². The highest BCUT2D eigenvalue weighted by molar-refractivity contribution is 5.58. The van der Waals surface area contributed by atoms with E-state index in [0.717, 1.165) is 47.8 Å². The molecule has 0 saturated heterocycles. The van der Waals surface area contributed by atoms with Gasteiger partial charge in [-0.1, -0.05) is 30.6 Å². The lowest BCUT2D eigenvalue weighted by Crippen LogP contribution is -2.20. The molecule has 0 bridgehead atoms.